The smallest absolute Gasteiger partial charge is 0.255 e. The van der Waals surface area contributed by atoms with Crippen LogP contribution in [0.3, 0.4) is 0 Å². The summed E-state index contributed by atoms with van der Waals surface area (Å²) in [5, 5.41) is 3.39. The van der Waals surface area contributed by atoms with Crippen LogP contribution in [0.1, 0.15) is 43.0 Å². The molecule has 0 unspecified atom stereocenters. The topological polar surface area (TPSA) is 45.2 Å². The summed E-state index contributed by atoms with van der Waals surface area (Å²) in [6, 6.07) is 2.52. The fraction of sp³-hybridized carbons (Fsp3) is 0.600. The molecule has 2 heterocycles. The van der Waals surface area contributed by atoms with E-state index in [1.165, 1.54) is 12.8 Å². The molecule has 0 atom stereocenters. The first-order chi connectivity index (χ1) is 9.22. The number of piperidine rings is 1. The first-order valence-corrected chi connectivity index (χ1v) is 7.23. The van der Waals surface area contributed by atoms with E-state index in [1.807, 2.05) is 11.0 Å². The van der Waals surface area contributed by atoms with Crippen molar-refractivity contribution in [2.75, 3.05) is 18.4 Å². The Kier molecular flexibility index (Phi) is 3.40. The average Bonchev–Trinajstić information content (AvgIpc) is 3.23. The van der Waals surface area contributed by atoms with Gasteiger partial charge >= 0.3 is 0 Å². The van der Waals surface area contributed by atoms with Crippen molar-refractivity contribution >= 4 is 11.6 Å². The summed E-state index contributed by atoms with van der Waals surface area (Å²) in [5.41, 5.74) is 1.68. The molecule has 4 heteroatoms. The predicted octanol–water partition coefficient (Wildman–Crippen LogP) is 2.53. The summed E-state index contributed by atoms with van der Waals surface area (Å²) in [7, 11) is 0. The molecule has 1 N–H and O–H groups in total. The first-order valence-electron chi connectivity index (χ1n) is 7.23. The molecule has 0 aromatic carbocycles. The zero-order valence-corrected chi connectivity index (χ0v) is 11.4. The largest absolute Gasteiger partial charge is 0.381 e. The Hall–Kier alpha value is -1.58. The van der Waals surface area contributed by atoms with Crippen LogP contribution < -0.4 is 5.32 Å². The highest BCUT2D eigenvalue weighted by Gasteiger charge is 2.23. The van der Waals surface area contributed by atoms with Gasteiger partial charge in [-0.05, 0) is 37.7 Å². The van der Waals surface area contributed by atoms with Crippen molar-refractivity contribution in [1.29, 1.82) is 0 Å². The highest BCUT2D eigenvalue weighted by molar-refractivity contribution is 5.94. The molecule has 0 radical (unpaired) electrons. The second-order valence-corrected chi connectivity index (χ2v) is 5.86. The van der Waals surface area contributed by atoms with E-state index in [2.05, 4.69) is 17.2 Å². The predicted molar refractivity (Wildman–Crippen MR) is 75.2 cm³/mol. The maximum Gasteiger partial charge on any atom is 0.255 e. The maximum absolute atomic E-state index is 12.4. The summed E-state index contributed by atoms with van der Waals surface area (Å²) < 4.78 is 0. The molecular formula is C15H21N3O. The minimum Gasteiger partial charge on any atom is -0.381 e. The van der Waals surface area contributed by atoms with Crippen molar-refractivity contribution < 1.29 is 4.79 Å². The van der Waals surface area contributed by atoms with E-state index >= 15 is 0 Å². The SMILES string of the molecule is CC1CCN(C(=O)c2cncc(NC3CC3)c2)CC1. The third kappa shape index (κ3) is 3.06. The third-order valence-electron chi connectivity index (χ3n) is 4.00. The summed E-state index contributed by atoms with van der Waals surface area (Å²) >= 11 is 0. The van der Waals surface area contributed by atoms with Crippen molar-refractivity contribution in [3.63, 3.8) is 0 Å². The van der Waals surface area contributed by atoms with Crippen LogP contribution in [-0.2, 0) is 0 Å². The number of aromatic nitrogens is 1. The van der Waals surface area contributed by atoms with E-state index in [4.69, 9.17) is 0 Å². The van der Waals surface area contributed by atoms with Gasteiger partial charge < -0.3 is 10.2 Å². The Labute approximate surface area is 114 Å². The number of rotatable bonds is 3. The van der Waals surface area contributed by atoms with Gasteiger partial charge in [-0.15, -0.1) is 0 Å². The number of pyridine rings is 1. The number of amides is 1. The van der Waals surface area contributed by atoms with Gasteiger partial charge in [-0.25, -0.2) is 0 Å². The van der Waals surface area contributed by atoms with E-state index in [0.717, 1.165) is 37.5 Å². The number of nitrogens with zero attached hydrogens (tertiary/aromatic N) is 2. The van der Waals surface area contributed by atoms with Gasteiger partial charge in [0.25, 0.3) is 5.91 Å². The zero-order valence-electron chi connectivity index (χ0n) is 11.4. The van der Waals surface area contributed by atoms with Gasteiger partial charge in [0.15, 0.2) is 0 Å². The molecule has 1 aromatic heterocycles. The van der Waals surface area contributed by atoms with Gasteiger partial charge in [-0.2, -0.15) is 0 Å². The maximum atomic E-state index is 12.4. The van der Waals surface area contributed by atoms with Crippen molar-refractivity contribution in [3.8, 4) is 0 Å². The van der Waals surface area contributed by atoms with Crippen molar-refractivity contribution in [2.24, 2.45) is 5.92 Å². The second kappa shape index (κ2) is 5.19. The lowest BCUT2D eigenvalue weighted by molar-refractivity contribution is 0.0697. The van der Waals surface area contributed by atoms with E-state index in [9.17, 15) is 4.79 Å². The Balaban J connectivity index is 1.68. The van der Waals surface area contributed by atoms with Gasteiger partial charge in [0.1, 0.15) is 0 Å². The molecule has 1 aromatic rings. The normalized spacial score (nSPS) is 20.4. The van der Waals surface area contributed by atoms with Gasteiger partial charge in [0.2, 0.25) is 0 Å². The second-order valence-electron chi connectivity index (χ2n) is 5.86. The lowest BCUT2D eigenvalue weighted by Gasteiger charge is -2.30. The first kappa shape index (κ1) is 12.5. The van der Waals surface area contributed by atoms with Crippen LogP contribution >= 0.6 is 0 Å². The lowest BCUT2D eigenvalue weighted by Crippen LogP contribution is -2.37. The van der Waals surface area contributed by atoms with E-state index < -0.39 is 0 Å². The summed E-state index contributed by atoms with van der Waals surface area (Å²) in [4.78, 5) is 18.6. The Bertz CT molecular complexity index is 462. The highest BCUT2D eigenvalue weighted by atomic mass is 16.2. The summed E-state index contributed by atoms with van der Waals surface area (Å²) in [6.45, 7) is 4.00. The van der Waals surface area contributed by atoms with Crippen molar-refractivity contribution in [3.05, 3.63) is 24.0 Å². The Morgan fingerprint density at radius 1 is 1.26 bits per heavy atom. The van der Waals surface area contributed by atoms with Crippen LogP contribution in [0.5, 0.6) is 0 Å². The third-order valence-corrected chi connectivity index (χ3v) is 4.00. The molecule has 2 aliphatic rings. The van der Waals surface area contributed by atoms with Crippen molar-refractivity contribution in [2.45, 2.75) is 38.6 Å². The number of hydrogen-bond acceptors (Lipinski definition) is 3. The molecule has 0 bridgehead atoms. The van der Waals surface area contributed by atoms with E-state index in [-0.39, 0.29) is 5.91 Å². The fourth-order valence-electron chi connectivity index (χ4n) is 2.49. The summed E-state index contributed by atoms with van der Waals surface area (Å²) in [6.07, 6.45) is 8.15. The van der Waals surface area contributed by atoms with Gasteiger partial charge in [0, 0.05) is 31.5 Å². The molecule has 102 valence electrons. The number of carbonyl (C=O) groups is 1. The van der Waals surface area contributed by atoms with Crippen molar-refractivity contribution in [1.82, 2.24) is 9.88 Å². The van der Waals surface area contributed by atoms with Gasteiger partial charge in [0.05, 0.1) is 11.3 Å². The number of likely N-dealkylation sites (tertiary alicyclic amines) is 1. The number of anilines is 1. The molecule has 19 heavy (non-hydrogen) atoms. The highest BCUT2D eigenvalue weighted by Crippen LogP contribution is 2.25. The number of nitrogens with one attached hydrogen (secondary N) is 1. The summed E-state index contributed by atoms with van der Waals surface area (Å²) in [5.74, 6) is 0.865. The fourth-order valence-corrected chi connectivity index (χ4v) is 2.49. The molecular weight excluding hydrogens is 238 g/mol. The number of hydrogen-bond donors (Lipinski definition) is 1. The van der Waals surface area contributed by atoms with E-state index in [1.54, 1.807) is 12.4 Å². The molecule has 1 aliphatic carbocycles. The molecule has 0 spiro atoms. The standard InChI is InChI=1S/C15H21N3O/c1-11-4-6-18(7-5-11)15(19)12-8-14(10-16-9-12)17-13-2-3-13/h8-11,13,17H,2-7H2,1H3. The van der Waals surface area contributed by atoms with Crippen LogP contribution in [0.4, 0.5) is 5.69 Å². The lowest BCUT2D eigenvalue weighted by atomic mass is 9.99. The molecule has 1 saturated carbocycles. The molecule has 4 nitrogen and oxygen atoms in total. The zero-order chi connectivity index (χ0) is 13.2. The molecule has 2 fully saturated rings. The van der Waals surface area contributed by atoms with Gasteiger partial charge in [-0.1, -0.05) is 6.92 Å². The molecule has 1 aliphatic heterocycles. The monoisotopic (exact) mass is 259 g/mol. The molecule has 1 saturated heterocycles. The van der Waals surface area contributed by atoms with Crippen LogP contribution in [-0.4, -0.2) is 34.9 Å². The van der Waals surface area contributed by atoms with Gasteiger partial charge in [-0.3, -0.25) is 9.78 Å². The quantitative estimate of drug-likeness (QED) is 0.907. The minimum absolute atomic E-state index is 0.124. The van der Waals surface area contributed by atoms with Crippen LogP contribution in [0.15, 0.2) is 18.5 Å². The molecule has 1 amide bonds. The number of carbonyl (C=O) groups excluding carboxylic acids is 1. The Morgan fingerprint density at radius 2 is 2.00 bits per heavy atom. The minimum atomic E-state index is 0.124. The van der Waals surface area contributed by atoms with Crippen LogP contribution in [0.25, 0.3) is 0 Å². The average molecular weight is 259 g/mol. The van der Waals surface area contributed by atoms with Crippen LogP contribution in [0, 0.1) is 5.92 Å². The Morgan fingerprint density at radius 3 is 2.68 bits per heavy atom. The molecule has 3 rings (SSSR count). The van der Waals surface area contributed by atoms with E-state index in [0.29, 0.717) is 11.6 Å². The van der Waals surface area contributed by atoms with Crippen LogP contribution in [0.2, 0.25) is 0 Å².